The number of rotatable bonds is 8. The van der Waals surface area contributed by atoms with E-state index in [1.807, 2.05) is 11.8 Å². The third-order valence-corrected chi connectivity index (χ3v) is 5.18. The van der Waals surface area contributed by atoms with Gasteiger partial charge in [-0.05, 0) is 38.0 Å². The van der Waals surface area contributed by atoms with Gasteiger partial charge in [-0.2, -0.15) is 11.8 Å². The third-order valence-electron chi connectivity index (χ3n) is 3.60. The molecule has 0 aliphatic heterocycles. The summed E-state index contributed by atoms with van der Waals surface area (Å²) in [7, 11) is 0. The molecule has 1 aliphatic carbocycles. The molecule has 84 valence electrons. The highest BCUT2D eigenvalue weighted by molar-refractivity contribution is 8.00. The molecule has 0 aromatic heterocycles. The van der Waals surface area contributed by atoms with Crippen LogP contribution in [0.15, 0.2) is 0 Å². The number of nitrogens with one attached hydrogen (secondary N) is 1. The lowest BCUT2D eigenvalue weighted by Crippen LogP contribution is -2.37. The average Bonchev–Trinajstić information content (AvgIpc) is 3.03. The Morgan fingerprint density at radius 3 is 2.36 bits per heavy atom. The van der Waals surface area contributed by atoms with Crippen LogP contribution in [0, 0.1) is 5.92 Å². The van der Waals surface area contributed by atoms with E-state index in [1.165, 1.54) is 45.2 Å². The Morgan fingerprint density at radius 1 is 1.29 bits per heavy atom. The first kappa shape index (κ1) is 12.4. The molecule has 0 bridgehead atoms. The van der Waals surface area contributed by atoms with Gasteiger partial charge in [0.15, 0.2) is 0 Å². The van der Waals surface area contributed by atoms with E-state index in [0.717, 1.165) is 5.92 Å². The first-order valence-corrected chi connectivity index (χ1v) is 7.24. The minimum absolute atomic E-state index is 0.490. The summed E-state index contributed by atoms with van der Waals surface area (Å²) in [4.78, 5) is 0. The van der Waals surface area contributed by atoms with Crippen molar-refractivity contribution >= 4 is 11.8 Å². The van der Waals surface area contributed by atoms with Crippen LogP contribution in [-0.2, 0) is 0 Å². The van der Waals surface area contributed by atoms with Crippen LogP contribution in [0.2, 0.25) is 0 Å². The second-order valence-electron chi connectivity index (χ2n) is 4.50. The monoisotopic (exact) mass is 215 g/mol. The summed E-state index contributed by atoms with van der Waals surface area (Å²) >= 11 is 2.03. The molecule has 1 fully saturated rings. The van der Waals surface area contributed by atoms with Gasteiger partial charge >= 0.3 is 0 Å². The van der Waals surface area contributed by atoms with Crippen molar-refractivity contribution in [2.24, 2.45) is 5.92 Å². The topological polar surface area (TPSA) is 12.0 Å². The minimum atomic E-state index is 0.490. The van der Waals surface area contributed by atoms with E-state index < -0.39 is 0 Å². The maximum absolute atomic E-state index is 3.63. The summed E-state index contributed by atoms with van der Waals surface area (Å²) in [5.74, 6) is 1.06. The molecule has 1 nitrogen and oxygen atoms in total. The summed E-state index contributed by atoms with van der Waals surface area (Å²) in [5, 5.41) is 3.63. The molecule has 1 rings (SSSR count). The van der Waals surface area contributed by atoms with Gasteiger partial charge in [0, 0.05) is 11.3 Å². The fourth-order valence-electron chi connectivity index (χ4n) is 1.89. The fraction of sp³-hybridized carbons (Fsp3) is 1.00. The Hall–Kier alpha value is 0.310. The molecular weight excluding hydrogens is 190 g/mol. The smallest absolute Gasteiger partial charge is 0.0276 e. The van der Waals surface area contributed by atoms with Crippen molar-refractivity contribution in [3.05, 3.63) is 0 Å². The van der Waals surface area contributed by atoms with Gasteiger partial charge in [0.05, 0.1) is 0 Å². The maximum atomic E-state index is 3.63. The Balaban J connectivity index is 2.11. The molecule has 0 saturated heterocycles. The fourth-order valence-corrected chi connectivity index (χ4v) is 2.71. The van der Waals surface area contributed by atoms with Crippen molar-refractivity contribution in [3.8, 4) is 0 Å². The summed E-state index contributed by atoms with van der Waals surface area (Å²) in [6, 6.07) is 0. The van der Waals surface area contributed by atoms with Crippen molar-refractivity contribution in [1.82, 2.24) is 5.32 Å². The van der Waals surface area contributed by atoms with E-state index in [0.29, 0.717) is 4.75 Å². The van der Waals surface area contributed by atoms with Crippen LogP contribution in [0.3, 0.4) is 0 Å². The van der Waals surface area contributed by atoms with Crippen molar-refractivity contribution < 1.29 is 0 Å². The third kappa shape index (κ3) is 3.82. The summed E-state index contributed by atoms with van der Waals surface area (Å²) < 4.78 is 0.490. The van der Waals surface area contributed by atoms with Crippen molar-refractivity contribution in [3.63, 3.8) is 0 Å². The molecule has 0 amide bonds. The van der Waals surface area contributed by atoms with Crippen LogP contribution in [0.1, 0.15) is 46.0 Å². The maximum Gasteiger partial charge on any atom is 0.0276 e. The highest BCUT2D eigenvalue weighted by Gasteiger charge is 2.25. The van der Waals surface area contributed by atoms with E-state index >= 15 is 0 Å². The highest BCUT2D eigenvalue weighted by Crippen LogP contribution is 2.32. The molecule has 0 heterocycles. The standard InChI is InChI=1S/C12H25NS/c1-4-12(5-2,14-3)10-13-9-8-11-6-7-11/h11,13H,4-10H2,1-3H3. The van der Waals surface area contributed by atoms with Crippen LogP contribution in [0.4, 0.5) is 0 Å². The lowest BCUT2D eigenvalue weighted by atomic mass is 10.0. The van der Waals surface area contributed by atoms with Gasteiger partial charge in [-0.25, -0.2) is 0 Å². The normalized spacial score (nSPS) is 17.4. The van der Waals surface area contributed by atoms with Crippen LogP contribution in [-0.4, -0.2) is 24.1 Å². The first-order valence-electron chi connectivity index (χ1n) is 6.02. The Morgan fingerprint density at radius 2 is 1.93 bits per heavy atom. The van der Waals surface area contributed by atoms with Crippen LogP contribution >= 0.6 is 11.8 Å². The zero-order chi connectivity index (χ0) is 10.4. The molecule has 0 aromatic carbocycles. The Labute approximate surface area is 93.4 Å². The lowest BCUT2D eigenvalue weighted by Gasteiger charge is -2.30. The zero-order valence-corrected chi connectivity index (χ0v) is 10.8. The van der Waals surface area contributed by atoms with Crippen molar-refractivity contribution in [2.45, 2.75) is 50.7 Å². The van der Waals surface area contributed by atoms with Crippen LogP contribution in [0.5, 0.6) is 0 Å². The first-order chi connectivity index (χ1) is 6.76. The van der Waals surface area contributed by atoms with Crippen molar-refractivity contribution in [1.29, 1.82) is 0 Å². The predicted molar refractivity (Wildman–Crippen MR) is 67.0 cm³/mol. The molecular formula is C12H25NS. The molecule has 1 aliphatic rings. The lowest BCUT2D eigenvalue weighted by molar-refractivity contribution is 0.485. The van der Waals surface area contributed by atoms with Gasteiger partial charge in [0.2, 0.25) is 0 Å². The minimum Gasteiger partial charge on any atom is -0.315 e. The highest BCUT2D eigenvalue weighted by atomic mass is 32.2. The van der Waals surface area contributed by atoms with E-state index in [1.54, 1.807) is 0 Å². The molecule has 1 N–H and O–H groups in total. The second kappa shape index (κ2) is 6.02. The number of hydrogen-bond acceptors (Lipinski definition) is 2. The molecule has 14 heavy (non-hydrogen) atoms. The summed E-state index contributed by atoms with van der Waals surface area (Å²) in [6.45, 7) is 7.03. The molecule has 1 saturated carbocycles. The second-order valence-corrected chi connectivity index (χ2v) is 5.78. The summed E-state index contributed by atoms with van der Waals surface area (Å²) in [5.41, 5.74) is 0. The molecule has 0 atom stereocenters. The molecule has 0 aromatic rings. The zero-order valence-electron chi connectivity index (χ0n) is 9.94. The largest absolute Gasteiger partial charge is 0.315 e. The van der Waals surface area contributed by atoms with Gasteiger partial charge in [0.25, 0.3) is 0 Å². The SMILES string of the molecule is CCC(CC)(CNCCC1CC1)SC. The number of hydrogen-bond donors (Lipinski definition) is 1. The van der Waals surface area contributed by atoms with E-state index in [9.17, 15) is 0 Å². The van der Waals surface area contributed by atoms with Gasteiger partial charge in [-0.1, -0.05) is 26.7 Å². The van der Waals surface area contributed by atoms with Crippen LogP contribution < -0.4 is 5.32 Å². The predicted octanol–water partition coefficient (Wildman–Crippen LogP) is 3.30. The molecule has 0 spiro atoms. The average molecular weight is 215 g/mol. The summed E-state index contributed by atoms with van der Waals surface area (Å²) in [6.07, 6.45) is 9.17. The Bertz CT molecular complexity index is 142. The molecule has 0 unspecified atom stereocenters. The molecule has 0 radical (unpaired) electrons. The quantitative estimate of drug-likeness (QED) is 0.624. The number of thioether (sulfide) groups is 1. The van der Waals surface area contributed by atoms with E-state index in [-0.39, 0.29) is 0 Å². The van der Waals surface area contributed by atoms with E-state index in [4.69, 9.17) is 0 Å². The van der Waals surface area contributed by atoms with Gasteiger partial charge < -0.3 is 5.32 Å². The van der Waals surface area contributed by atoms with Gasteiger partial charge in [-0.15, -0.1) is 0 Å². The molecule has 2 heteroatoms. The van der Waals surface area contributed by atoms with E-state index in [2.05, 4.69) is 25.4 Å². The van der Waals surface area contributed by atoms with Crippen molar-refractivity contribution in [2.75, 3.05) is 19.3 Å². The Kier molecular flexibility index (Phi) is 5.32. The van der Waals surface area contributed by atoms with Gasteiger partial charge in [0.1, 0.15) is 0 Å². The van der Waals surface area contributed by atoms with Crippen LogP contribution in [0.25, 0.3) is 0 Å². The van der Waals surface area contributed by atoms with Gasteiger partial charge in [-0.3, -0.25) is 0 Å².